The van der Waals surface area contributed by atoms with E-state index in [1.807, 2.05) is 0 Å². The molecule has 5 heteroatoms. The van der Waals surface area contributed by atoms with Crippen LogP contribution in [-0.4, -0.2) is 21.3 Å². The maximum atomic E-state index is 11.3. The van der Waals surface area contributed by atoms with Crippen molar-refractivity contribution in [1.29, 1.82) is 0 Å². The van der Waals surface area contributed by atoms with E-state index in [1.54, 1.807) is 12.1 Å². The highest BCUT2D eigenvalue weighted by molar-refractivity contribution is 9.10. The summed E-state index contributed by atoms with van der Waals surface area (Å²) in [6.45, 7) is 0. The highest BCUT2D eigenvalue weighted by Crippen LogP contribution is 2.27. The predicted molar refractivity (Wildman–Crippen MR) is 79.4 cm³/mol. The molecule has 4 nitrogen and oxygen atoms in total. The van der Waals surface area contributed by atoms with Crippen molar-refractivity contribution in [3.8, 4) is 11.5 Å². The molecule has 20 heavy (non-hydrogen) atoms. The number of aromatic hydroxyl groups is 2. The highest BCUT2D eigenvalue weighted by Gasteiger charge is 2.11. The van der Waals surface area contributed by atoms with Crippen LogP contribution in [0.3, 0.4) is 0 Å². The number of carboxylic acid groups (broad SMARTS) is 1. The number of phenolic OH excluding ortho intramolecular Hbond substituents is 2. The van der Waals surface area contributed by atoms with Gasteiger partial charge >= 0.3 is 5.97 Å². The van der Waals surface area contributed by atoms with Crippen LogP contribution >= 0.6 is 15.9 Å². The summed E-state index contributed by atoms with van der Waals surface area (Å²) in [6, 6.07) is 10.6. The Morgan fingerprint density at radius 1 is 1.05 bits per heavy atom. The van der Waals surface area contributed by atoms with Gasteiger partial charge in [-0.3, -0.25) is 0 Å². The molecule has 0 unspecified atom stereocenters. The summed E-state index contributed by atoms with van der Waals surface area (Å²) in [5.74, 6) is -0.908. The SMILES string of the molecule is O=C(O)/C(=C\c1ccc(O)c(Br)c1)c1ccc(O)cc1. The zero-order valence-corrected chi connectivity index (χ0v) is 11.8. The van der Waals surface area contributed by atoms with E-state index in [9.17, 15) is 20.1 Å². The van der Waals surface area contributed by atoms with Crippen LogP contribution in [0.1, 0.15) is 11.1 Å². The topological polar surface area (TPSA) is 77.8 Å². The summed E-state index contributed by atoms with van der Waals surface area (Å²) in [5.41, 5.74) is 1.22. The van der Waals surface area contributed by atoms with Crippen molar-refractivity contribution in [2.75, 3.05) is 0 Å². The molecular formula is C15H11BrO4. The van der Waals surface area contributed by atoms with Gasteiger partial charge in [-0.2, -0.15) is 0 Å². The fourth-order valence-electron chi connectivity index (χ4n) is 1.69. The van der Waals surface area contributed by atoms with Crippen LogP contribution in [0.2, 0.25) is 0 Å². The van der Waals surface area contributed by atoms with Gasteiger partial charge in [0.1, 0.15) is 11.5 Å². The standard InChI is InChI=1S/C15H11BrO4/c16-13-8-9(1-6-14(13)18)7-12(15(19)20)10-2-4-11(17)5-3-10/h1-8,17-18H,(H,19,20)/b12-7-. The zero-order valence-electron chi connectivity index (χ0n) is 10.2. The van der Waals surface area contributed by atoms with Crippen LogP contribution < -0.4 is 0 Å². The lowest BCUT2D eigenvalue weighted by Crippen LogP contribution is -1.99. The van der Waals surface area contributed by atoms with Crippen molar-refractivity contribution in [2.45, 2.75) is 0 Å². The van der Waals surface area contributed by atoms with Crippen LogP contribution in [0.4, 0.5) is 0 Å². The van der Waals surface area contributed by atoms with Gasteiger partial charge in [-0.1, -0.05) is 18.2 Å². The first kappa shape index (κ1) is 14.1. The van der Waals surface area contributed by atoms with Crippen molar-refractivity contribution < 1.29 is 20.1 Å². The van der Waals surface area contributed by atoms with Gasteiger partial charge < -0.3 is 15.3 Å². The average molecular weight is 335 g/mol. The molecular weight excluding hydrogens is 324 g/mol. The minimum absolute atomic E-state index is 0.0749. The van der Waals surface area contributed by atoms with Gasteiger partial charge in [0, 0.05) is 0 Å². The molecule has 0 aromatic heterocycles. The molecule has 102 valence electrons. The molecule has 0 saturated carbocycles. The van der Waals surface area contributed by atoms with Gasteiger partial charge in [0.2, 0.25) is 0 Å². The number of carbonyl (C=O) groups is 1. The van der Waals surface area contributed by atoms with E-state index in [-0.39, 0.29) is 17.1 Å². The lowest BCUT2D eigenvalue weighted by atomic mass is 10.0. The first-order chi connectivity index (χ1) is 9.47. The van der Waals surface area contributed by atoms with Crippen molar-refractivity contribution in [3.63, 3.8) is 0 Å². The number of phenols is 2. The van der Waals surface area contributed by atoms with Crippen molar-refractivity contribution in [1.82, 2.24) is 0 Å². The highest BCUT2D eigenvalue weighted by atomic mass is 79.9. The summed E-state index contributed by atoms with van der Waals surface area (Å²) < 4.78 is 0.488. The molecule has 0 spiro atoms. The number of benzene rings is 2. The molecule has 2 aromatic rings. The van der Waals surface area contributed by atoms with Gasteiger partial charge in [0.25, 0.3) is 0 Å². The Morgan fingerprint density at radius 3 is 2.25 bits per heavy atom. The molecule has 0 aliphatic carbocycles. The summed E-state index contributed by atoms with van der Waals surface area (Å²) in [4.78, 5) is 11.3. The number of rotatable bonds is 3. The quantitative estimate of drug-likeness (QED) is 0.593. The Hall–Kier alpha value is -2.27. The molecule has 2 rings (SSSR count). The number of aliphatic carboxylic acids is 1. The lowest BCUT2D eigenvalue weighted by molar-refractivity contribution is -0.130. The van der Waals surface area contributed by atoms with Crippen molar-refractivity contribution in [3.05, 3.63) is 58.1 Å². The first-order valence-electron chi connectivity index (χ1n) is 5.70. The largest absolute Gasteiger partial charge is 0.508 e. The Labute approximate surface area is 123 Å². The Bertz CT molecular complexity index is 675. The molecule has 0 saturated heterocycles. The zero-order chi connectivity index (χ0) is 14.7. The monoisotopic (exact) mass is 334 g/mol. The Balaban J connectivity index is 2.47. The molecule has 2 aromatic carbocycles. The van der Waals surface area contributed by atoms with Crippen LogP contribution in [0.15, 0.2) is 46.9 Å². The summed E-state index contributed by atoms with van der Waals surface area (Å²) >= 11 is 3.18. The second-order valence-electron chi connectivity index (χ2n) is 4.12. The van der Waals surface area contributed by atoms with E-state index in [0.717, 1.165) is 0 Å². The molecule has 0 fully saturated rings. The number of halogens is 1. The summed E-state index contributed by atoms with van der Waals surface area (Å²) in [6.07, 6.45) is 1.50. The van der Waals surface area contributed by atoms with E-state index >= 15 is 0 Å². The molecule has 0 radical (unpaired) electrons. The minimum atomic E-state index is -1.07. The molecule has 0 aliphatic heterocycles. The smallest absolute Gasteiger partial charge is 0.336 e. The third-order valence-electron chi connectivity index (χ3n) is 2.69. The second-order valence-corrected chi connectivity index (χ2v) is 4.98. The van der Waals surface area contributed by atoms with Gasteiger partial charge in [-0.05, 0) is 57.4 Å². The van der Waals surface area contributed by atoms with Gasteiger partial charge in [0.05, 0.1) is 10.0 Å². The third kappa shape index (κ3) is 3.19. The van der Waals surface area contributed by atoms with Crippen LogP contribution in [0, 0.1) is 0 Å². The maximum Gasteiger partial charge on any atom is 0.336 e. The third-order valence-corrected chi connectivity index (χ3v) is 3.33. The fraction of sp³-hybridized carbons (Fsp3) is 0. The molecule has 0 aliphatic rings. The normalized spacial score (nSPS) is 11.3. The van der Waals surface area contributed by atoms with Crippen LogP contribution in [-0.2, 0) is 4.79 Å². The molecule has 0 bridgehead atoms. The summed E-state index contributed by atoms with van der Waals surface area (Å²) in [5, 5.41) is 27.9. The van der Waals surface area contributed by atoms with Crippen molar-refractivity contribution >= 4 is 33.5 Å². The molecule has 0 atom stereocenters. The maximum absolute atomic E-state index is 11.3. The fourth-order valence-corrected chi connectivity index (χ4v) is 2.09. The lowest BCUT2D eigenvalue weighted by Gasteiger charge is -2.04. The predicted octanol–water partition coefficient (Wildman–Crippen LogP) is 3.49. The van der Waals surface area contributed by atoms with E-state index in [2.05, 4.69) is 15.9 Å². The molecule has 0 amide bonds. The minimum Gasteiger partial charge on any atom is -0.508 e. The average Bonchev–Trinajstić information content (AvgIpc) is 2.41. The van der Waals surface area contributed by atoms with Gasteiger partial charge in [0.15, 0.2) is 0 Å². The van der Waals surface area contributed by atoms with E-state index in [0.29, 0.717) is 15.6 Å². The van der Waals surface area contributed by atoms with Crippen molar-refractivity contribution in [2.24, 2.45) is 0 Å². The van der Waals surface area contributed by atoms with E-state index in [4.69, 9.17) is 0 Å². The second kappa shape index (κ2) is 5.79. The van der Waals surface area contributed by atoms with Crippen LogP contribution in [0.25, 0.3) is 11.6 Å². The number of carboxylic acids is 1. The molecule has 3 N–H and O–H groups in total. The van der Waals surface area contributed by atoms with Gasteiger partial charge in [-0.15, -0.1) is 0 Å². The molecule has 0 heterocycles. The first-order valence-corrected chi connectivity index (χ1v) is 6.49. The Morgan fingerprint density at radius 2 is 1.70 bits per heavy atom. The van der Waals surface area contributed by atoms with Crippen LogP contribution in [0.5, 0.6) is 11.5 Å². The number of hydrogen-bond donors (Lipinski definition) is 3. The number of hydrogen-bond acceptors (Lipinski definition) is 3. The van der Waals surface area contributed by atoms with Gasteiger partial charge in [-0.25, -0.2) is 4.79 Å². The Kier molecular flexibility index (Phi) is 4.10. The van der Waals surface area contributed by atoms with E-state index < -0.39 is 5.97 Å². The van der Waals surface area contributed by atoms with E-state index in [1.165, 1.54) is 36.4 Å². The summed E-state index contributed by atoms with van der Waals surface area (Å²) in [7, 11) is 0.